The molecule has 1 aromatic carbocycles. The normalized spacial score (nSPS) is 21.3. The standard InChI is InChI=1S/C16H24N2/c1-12-4-2-3-5-15(12)16(10-17)18(14-8-9-14)11-13-6-7-13/h2-5,13-14,16H,6-11,17H2,1H3. The fraction of sp³-hybridized carbons (Fsp3) is 0.625. The summed E-state index contributed by atoms with van der Waals surface area (Å²) in [5, 5.41) is 0. The van der Waals surface area contributed by atoms with Crippen molar-refractivity contribution >= 4 is 0 Å². The SMILES string of the molecule is Cc1ccccc1C(CN)N(CC1CC1)C1CC1. The van der Waals surface area contributed by atoms with E-state index < -0.39 is 0 Å². The second-order valence-electron chi connectivity index (χ2n) is 5.98. The number of nitrogens with zero attached hydrogens (tertiary/aromatic N) is 1. The number of nitrogens with two attached hydrogens (primary N) is 1. The molecule has 2 aliphatic carbocycles. The summed E-state index contributed by atoms with van der Waals surface area (Å²) in [4.78, 5) is 2.69. The highest BCUT2D eigenvalue weighted by Gasteiger charge is 2.37. The van der Waals surface area contributed by atoms with Crippen LogP contribution in [0.15, 0.2) is 24.3 Å². The summed E-state index contributed by atoms with van der Waals surface area (Å²) in [5.41, 5.74) is 8.92. The maximum atomic E-state index is 6.09. The van der Waals surface area contributed by atoms with Gasteiger partial charge in [-0.15, -0.1) is 0 Å². The van der Waals surface area contributed by atoms with E-state index in [2.05, 4.69) is 36.1 Å². The molecule has 3 rings (SSSR count). The molecule has 0 heterocycles. The first kappa shape index (κ1) is 12.2. The van der Waals surface area contributed by atoms with Gasteiger partial charge in [0.25, 0.3) is 0 Å². The molecule has 98 valence electrons. The lowest BCUT2D eigenvalue weighted by atomic mass is 9.99. The molecule has 0 spiro atoms. The van der Waals surface area contributed by atoms with E-state index in [1.54, 1.807) is 0 Å². The zero-order valence-electron chi connectivity index (χ0n) is 11.3. The summed E-state index contributed by atoms with van der Waals surface area (Å²) in [5.74, 6) is 0.948. The van der Waals surface area contributed by atoms with Crippen molar-refractivity contribution in [2.75, 3.05) is 13.1 Å². The molecule has 2 heteroatoms. The van der Waals surface area contributed by atoms with E-state index in [-0.39, 0.29) is 0 Å². The van der Waals surface area contributed by atoms with Crippen LogP contribution in [0.2, 0.25) is 0 Å². The minimum Gasteiger partial charge on any atom is -0.329 e. The van der Waals surface area contributed by atoms with Gasteiger partial charge in [-0.3, -0.25) is 4.90 Å². The molecule has 0 amide bonds. The highest BCUT2D eigenvalue weighted by molar-refractivity contribution is 5.29. The van der Waals surface area contributed by atoms with Gasteiger partial charge in [0.2, 0.25) is 0 Å². The van der Waals surface area contributed by atoms with Crippen molar-refractivity contribution in [2.24, 2.45) is 11.7 Å². The molecule has 1 atom stereocenters. The first-order valence-electron chi connectivity index (χ1n) is 7.31. The quantitative estimate of drug-likeness (QED) is 0.833. The largest absolute Gasteiger partial charge is 0.329 e. The Morgan fingerprint density at radius 1 is 1.22 bits per heavy atom. The smallest absolute Gasteiger partial charge is 0.0476 e. The van der Waals surface area contributed by atoms with E-state index in [0.717, 1.165) is 18.5 Å². The maximum absolute atomic E-state index is 6.09. The van der Waals surface area contributed by atoms with Crippen LogP contribution in [-0.2, 0) is 0 Å². The highest BCUT2D eigenvalue weighted by Crippen LogP contribution is 2.39. The monoisotopic (exact) mass is 244 g/mol. The predicted molar refractivity (Wildman–Crippen MR) is 75.4 cm³/mol. The molecule has 0 aromatic heterocycles. The summed E-state index contributed by atoms with van der Waals surface area (Å²) >= 11 is 0. The van der Waals surface area contributed by atoms with Crippen LogP contribution in [-0.4, -0.2) is 24.0 Å². The summed E-state index contributed by atoms with van der Waals surface area (Å²) < 4.78 is 0. The third kappa shape index (κ3) is 2.60. The Morgan fingerprint density at radius 2 is 1.94 bits per heavy atom. The lowest BCUT2D eigenvalue weighted by Gasteiger charge is -2.32. The Labute approximate surface area is 110 Å². The Hall–Kier alpha value is -0.860. The Kier molecular flexibility index (Phi) is 3.40. The van der Waals surface area contributed by atoms with Gasteiger partial charge in [0, 0.05) is 25.2 Å². The van der Waals surface area contributed by atoms with E-state index in [1.165, 1.54) is 43.4 Å². The van der Waals surface area contributed by atoms with Crippen molar-refractivity contribution in [3.8, 4) is 0 Å². The molecule has 0 saturated heterocycles. The summed E-state index contributed by atoms with van der Waals surface area (Å²) in [6.07, 6.45) is 5.59. The average molecular weight is 244 g/mol. The highest BCUT2D eigenvalue weighted by atomic mass is 15.2. The van der Waals surface area contributed by atoms with Gasteiger partial charge < -0.3 is 5.73 Å². The number of hydrogen-bond acceptors (Lipinski definition) is 2. The molecule has 1 unspecified atom stereocenters. The second kappa shape index (κ2) is 5.02. The fourth-order valence-corrected chi connectivity index (χ4v) is 2.94. The third-order valence-corrected chi connectivity index (χ3v) is 4.35. The molecule has 0 aliphatic heterocycles. The van der Waals surface area contributed by atoms with Gasteiger partial charge in [-0.25, -0.2) is 0 Å². The van der Waals surface area contributed by atoms with Gasteiger partial charge >= 0.3 is 0 Å². The molecule has 1 aromatic rings. The lowest BCUT2D eigenvalue weighted by Crippen LogP contribution is -2.37. The lowest BCUT2D eigenvalue weighted by molar-refractivity contribution is 0.182. The topological polar surface area (TPSA) is 29.3 Å². The van der Waals surface area contributed by atoms with Crippen molar-refractivity contribution in [1.82, 2.24) is 4.90 Å². The molecule has 2 nitrogen and oxygen atoms in total. The van der Waals surface area contributed by atoms with E-state index in [1.807, 2.05) is 0 Å². The van der Waals surface area contributed by atoms with Gasteiger partial charge in [0.1, 0.15) is 0 Å². The van der Waals surface area contributed by atoms with E-state index >= 15 is 0 Å². The van der Waals surface area contributed by atoms with Crippen LogP contribution >= 0.6 is 0 Å². The third-order valence-electron chi connectivity index (χ3n) is 4.35. The molecule has 0 bridgehead atoms. The Bertz CT molecular complexity index is 407. The molecule has 2 N–H and O–H groups in total. The molecule has 18 heavy (non-hydrogen) atoms. The number of rotatable bonds is 6. The van der Waals surface area contributed by atoms with Crippen LogP contribution in [0.3, 0.4) is 0 Å². The predicted octanol–water partition coefficient (Wildman–Crippen LogP) is 2.87. The van der Waals surface area contributed by atoms with Gasteiger partial charge in [-0.2, -0.15) is 0 Å². The Morgan fingerprint density at radius 3 is 2.50 bits per heavy atom. The van der Waals surface area contributed by atoms with E-state index in [0.29, 0.717) is 6.04 Å². The van der Waals surface area contributed by atoms with Gasteiger partial charge in [-0.05, 0) is 49.7 Å². The fourth-order valence-electron chi connectivity index (χ4n) is 2.94. The van der Waals surface area contributed by atoms with E-state index in [9.17, 15) is 0 Å². The van der Waals surface area contributed by atoms with Gasteiger partial charge in [0.15, 0.2) is 0 Å². The van der Waals surface area contributed by atoms with Crippen molar-refractivity contribution in [1.29, 1.82) is 0 Å². The summed E-state index contributed by atoms with van der Waals surface area (Å²) in [6.45, 7) is 4.22. The zero-order chi connectivity index (χ0) is 12.5. The van der Waals surface area contributed by atoms with Crippen molar-refractivity contribution < 1.29 is 0 Å². The average Bonchev–Trinajstić information content (AvgIpc) is 3.25. The van der Waals surface area contributed by atoms with Crippen molar-refractivity contribution in [3.05, 3.63) is 35.4 Å². The second-order valence-corrected chi connectivity index (χ2v) is 5.98. The molecular formula is C16H24N2. The summed E-state index contributed by atoms with van der Waals surface area (Å²) in [7, 11) is 0. The first-order chi connectivity index (χ1) is 8.79. The Balaban J connectivity index is 1.82. The zero-order valence-corrected chi connectivity index (χ0v) is 11.3. The van der Waals surface area contributed by atoms with Crippen LogP contribution < -0.4 is 5.73 Å². The molecular weight excluding hydrogens is 220 g/mol. The maximum Gasteiger partial charge on any atom is 0.0476 e. The first-order valence-corrected chi connectivity index (χ1v) is 7.31. The number of benzene rings is 1. The van der Waals surface area contributed by atoms with Crippen LogP contribution in [0.4, 0.5) is 0 Å². The van der Waals surface area contributed by atoms with Crippen LogP contribution in [0.1, 0.15) is 42.9 Å². The van der Waals surface area contributed by atoms with Gasteiger partial charge in [-0.1, -0.05) is 24.3 Å². The van der Waals surface area contributed by atoms with E-state index in [4.69, 9.17) is 5.73 Å². The number of hydrogen-bond donors (Lipinski definition) is 1. The molecule has 2 aliphatic rings. The minimum absolute atomic E-state index is 0.430. The number of aryl methyl sites for hydroxylation is 1. The van der Waals surface area contributed by atoms with Crippen LogP contribution in [0.25, 0.3) is 0 Å². The molecule has 2 fully saturated rings. The minimum atomic E-state index is 0.430. The molecule has 2 saturated carbocycles. The van der Waals surface area contributed by atoms with Crippen molar-refractivity contribution in [2.45, 2.75) is 44.7 Å². The summed E-state index contributed by atoms with van der Waals surface area (Å²) in [6, 6.07) is 9.97. The van der Waals surface area contributed by atoms with Crippen LogP contribution in [0.5, 0.6) is 0 Å². The molecule has 0 radical (unpaired) electrons. The van der Waals surface area contributed by atoms with Crippen molar-refractivity contribution in [3.63, 3.8) is 0 Å². The van der Waals surface area contributed by atoms with Crippen LogP contribution in [0, 0.1) is 12.8 Å². The van der Waals surface area contributed by atoms with Gasteiger partial charge in [0.05, 0.1) is 0 Å².